The maximum absolute atomic E-state index is 12.9. The molecule has 0 bridgehead atoms. The highest BCUT2D eigenvalue weighted by Gasteiger charge is 2.24. The van der Waals surface area contributed by atoms with Gasteiger partial charge in [0.2, 0.25) is 10.0 Å². The smallest absolute Gasteiger partial charge is 0.328 e. The van der Waals surface area contributed by atoms with Crippen LogP contribution in [0.25, 0.3) is 11.0 Å². The molecule has 1 N–H and O–H groups in total. The second kappa shape index (κ2) is 8.85. The molecule has 0 radical (unpaired) electrons. The average Bonchev–Trinajstić information content (AvgIpc) is 2.95. The first kappa shape index (κ1) is 21.8. The number of sulfonamides is 1. The molecule has 0 saturated carbocycles. The largest absolute Gasteiger partial charge is 0.466 e. The van der Waals surface area contributed by atoms with Crippen LogP contribution in [0.4, 0.5) is 0 Å². The molecule has 2 aromatic carbocycles. The van der Waals surface area contributed by atoms with Gasteiger partial charge < -0.3 is 4.74 Å². The van der Waals surface area contributed by atoms with Gasteiger partial charge in [0.25, 0.3) is 0 Å². The molecule has 160 valence electrons. The molecule has 8 nitrogen and oxygen atoms in total. The quantitative estimate of drug-likeness (QED) is 0.546. The van der Waals surface area contributed by atoms with Gasteiger partial charge in [-0.05, 0) is 37.1 Å². The number of fused-ring (bicyclic) bond motifs is 1. The van der Waals surface area contributed by atoms with Crippen LogP contribution in [-0.4, -0.2) is 36.7 Å². The minimum Gasteiger partial charge on any atom is -0.466 e. The summed E-state index contributed by atoms with van der Waals surface area (Å²) in [7, 11) is -0.672. The molecular formula is C21H25N3O5S. The third kappa shape index (κ3) is 4.47. The summed E-state index contributed by atoms with van der Waals surface area (Å²) in [6, 6.07) is 13.9. The third-order valence-electron chi connectivity index (χ3n) is 5.02. The summed E-state index contributed by atoms with van der Waals surface area (Å²) in [6.07, 6.45) is 0.356. The van der Waals surface area contributed by atoms with Gasteiger partial charge in [0, 0.05) is 20.6 Å². The number of hydrogen-bond donors (Lipinski definition) is 1. The lowest BCUT2D eigenvalue weighted by atomic mass is 10.00. The fraction of sp³-hybridized carbons (Fsp3) is 0.333. The van der Waals surface area contributed by atoms with E-state index < -0.39 is 21.9 Å². The van der Waals surface area contributed by atoms with Crippen LogP contribution < -0.4 is 10.4 Å². The topological polar surface area (TPSA) is 99.4 Å². The number of nitrogens with zero attached hydrogens (tertiary/aromatic N) is 2. The van der Waals surface area contributed by atoms with Gasteiger partial charge in [0.05, 0.1) is 28.5 Å². The number of nitrogens with one attached hydrogen (secondary N) is 1. The Morgan fingerprint density at radius 2 is 1.73 bits per heavy atom. The van der Waals surface area contributed by atoms with E-state index in [0.717, 1.165) is 5.56 Å². The highest BCUT2D eigenvalue weighted by molar-refractivity contribution is 7.89. The van der Waals surface area contributed by atoms with E-state index in [4.69, 9.17) is 4.74 Å². The zero-order chi connectivity index (χ0) is 21.9. The number of rotatable bonds is 8. The number of benzene rings is 2. The van der Waals surface area contributed by atoms with Crippen molar-refractivity contribution in [1.29, 1.82) is 0 Å². The molecule has 3 aromatic rings. The molecule has 9 heteroatoms. The normalized spacial score (nSPS) is 12.8. The van der Waals surface area contributed by atoms with Crippen molar-refractivity contribution in [2.75, 3.05) is 13.2 Å². The Labute approximate surface area is 175 Å². The maximum Gasteiger partial charge on any atom is 0.328 e. The van der Waals surface area contributed by atoms with Gasteiger partial charge in [0.1, 0.15) is 0 Å². The SMILES string of the molecule is CCOC(=O)[C@@H](CNS(=O)(=O)c1ccc2c(c1)n(C)c(=O)n2C)Cc1ccccc1. The van der Waals surface area contributed by atoms with Gasteiger partial charge in [-0.1, -0.05) is 30.3 Å². The van der Waals surface area contributed by atoms with Gasteiger partial charge >= 0.3 is 11.7 Å². The van der Waals surface area contributed by atoms with Crippen molar-refractivity contribution in [2.24, 2.45) is 20.0 Å². The van der Waals surface area contributed by atoms with Crippen LogP contribution in [0.1, 0.15) is 12.5 Å². The second-order valence-corrected chi connectivity index (χ2v) is 8.81. The van der Waals surface area contributed by atoms with E-state index in [-0.39, 0.29) is 23.7 Å². The predicted octanol–water partition coefficient (Wildman–Crippen LogP) is 1.58. The zero-order valence-electron chi connectivity index (χ0n) is 17.2. The lowest BCUT2D eigenvalue weighted by molar-refractivity contribution is -0.147. The molecule has 0 amide bonds. The monoisotopic (exact) mass is 431 g/mol. The van der Waals surface area contributed by atoms with Crippen molar-refractivity contribution >= 4 is 27.0 Å². The van der Waals surface area contributed by atoms with Crippen molar-refractivity contribution in [3.63, 3.8) is 0 Å². The summed E-state index contributed by atoms with van der Waals surface area (Å²) >= 11 is 0. The first-order valence-corrected chi connectivity index (χ1v) is 11.1. The summed E-state index contributed by atoms with van der Waals surface area (Å²) < 4.78 is 36.2. The van der Waals surface area contributed by atoms with E-state index >= 15 is 0 Å². The third-order valence-corrected chi connectivity index (χ3v) is 6.44. The van der Waals surface area contributed by atoms with Crippen LogP contribution in [0.15, 0.2) is 58.2 Å². The van der Waals surface area contributed by atoms with Crippen molar-refractivity contribution in [2.45, 2.75) is 18.2 Å². The van der Waals surface area contributed by atoms with E-state index in [1.165, 1.54) is 21.3 Å². The van der Waals surface area contributed by atoms with Gasteiger partial charge in [-0.2, -0.15) is 0 Å². The molecule has 0 unspecified atom stereocenters. The number of aromatic nitrogens is 2. The number of ether oxygens (including phenoxy) is 1. The number of aryl methyl sites for hydroxylation is 2. The Morgan fingerprint density at radius 1 is 1.07 bits per heavy atom. The van der Waals surface area contributed by atoms with Gasteiger partial charge in [-0.15, -0.1) is 0 Å². The summed E-state index contributed by atoms with van der Waals surface area (Å²) in [5.41, 5.74) is 1.82. The van der Waals surface area contributed by atoms with Crippen LogP contribution in [0.3, 0.4) is 0 Å². The second-order valence-electron chi connectivity index (χ2n) is 7.04. The minimum atomic E-state index is -3.89. The molecule has 0 aliphatic carbocycles. The van der Waals surface area contributed by atoms with Crippen LogP contribution in [-0.2, 0) is 40.1 Å². The van der Waals surface area contributed by atoms with Gasteiger partial charge in [0.15, 0.2) is 0 Å². The molecule has 1 aromatic heterocycles. The highest BCUT2D eigenvalue weighted by Crippen LogP contribution is 2.18. The molecule has 1 atom stereocenters. The fourth-order valence-electron chi connectivity index (χ4n) is 3.34. The highest BCUT2D eigenvalue weighted by atomic mass is 32.2. The Balaban J connectivity index is 1.83. The summed E-state index contributed by atoms with van der Waals surface area (Å²) in [4.78, 5) is 24.5. The Bertz CT molecular complexity index is 1210. The summed E-state index contributed by atoms with van der Waals surface area (Å²) in [5.74, 6) is -1.11. The molecule has 0 spiro atoms. The Kier molecular flexibility index (Phi) is 6.42. The summed E-state index contributed by atoms with van der Waals surface area (Å²) in [5, 5.41) is 0. The van der Waals surface area contributed by atoms with Gasteiger partial charge in [-0.25, -0.2) is 17.9 Å². The number of carbonyl (C=O) groups excluding carboxylic acids is 1. The molecule has 0 aliphatic rings. The number of esters is 1. The van der Waals surface area contributed by atoms with E-state index in [0.29, 0.717) is 17.5 Å². The van der Waals surface area contributed by atoms with Crippen LogP contribution >= 0.6 is 0 Å². The summed E-state index contributed by atoms with van der Waals surface area (Å²) in [6.45, 7) is 1.83. The van der Waals surface area contributed by atoms with E-state index in [1.807, 2.05) is 30.3 Å². The predicted molar refractivity (Wildman–Crippen MR) is 114 cm³/mol. The standard InChI is InChI=1S/C21H25N3O5S/c1-4-29-20(25)16(12-15-8-6-5-7-9-15)14-22-30(27,28)17-10-11-18-19(13-17)24(3)21(26)23(18)2/h5-11,13,16,22H,4,12,14H2,1-3H3/t16-/m1/s1. The molecule has 0 saturated heterocycles. The molecule has 30 heavy (non-hydrogen) atoms. The first-order chi connectivity index (χ1) is 14.2. The lowest BCUT2D eigenvalue weighted by Gasteiger charge is -2.17. The van der Waals surface area contributed by atoms with Gasteiger partial charge in [-0.3, -0.25) is 13.9 Å². The van der Waals surface area contributed by atoms with E-state index in [9.17, 15) is 18.0 Å². The average molecular weight is 432 g/mol. The molecule has 3 rings (SSSR count). The number of imidazole rings is 1. The van der Waals surface area contributed by atoms with Crippen LogP contribution in [0.2, 0.25) is 0 Å². The Morgan fingerprint density at radius 3 is 2.40 bits per heavy atom. The minimum absolute atomic E-state index is 0.0264. The maximum atomic E-state index is 12.9. The Hall–Kier alpha value is -2.91. The van der Waals surface area contributed by atoms with E-state index in [1.54, 1.807) is 27.1 Å². The molecule has 0 aliphatic heterocycles. The molecular weight excluding hydrogens is 406 g/mol. The van der Waals surface area contributed by atoms with Crippen molar-refractivity contribution in [1.82, 2.24) is 13.9 Å². The van der Waals surface area contributed by atoms with Crippen molar-refractivity contribution in [3.8, 4) is 0 Å². The van der Waals surface area contributed by atoms with Crippen molar-refractivity contribution < 1.29 is 17.9 Å². The van der Waals surface area contributed by atoms with Crippen LogP contribution in [0, 0.1) is 5.92 Å². The molecule has 0 fully saturated rings. The zero-order valence-corrected chi connectivity index (χ0v) is 18.0. The number of carbonyl (C=O) groups is 1. The fourth-order valence-corrected chi connectivity index (χ4v) is 4.45. The van der Waals surface area contributed by atoms with Crippen LogP contribution in [0.5, 0.6) is 0 Å². The van der Waals surface area contributed by atoms with Crippen molar-refractivity contribution in [3.05, 3.63) is 64.6 Å². The lowest BCUT2D eigenvalue weighted by Crippen LogP contribution is -2.35. The number of hydrogen-bond acceptors (Lipinski definition) is 5. The van der Waals surface area contributed by atoms with E-state index in [2.05, 4.69) is 4.72 Å². The molecule has 1 heterocycles. The first-order valence-electron chi connectivity index (χ1n) is 9.60.